The van der Waals surface area contributed by atoms with Gasteiger partial charge < -0.3 is 4.74 Å². The smallest absolute Gasteiger partial charge is 0.0593 e. The Balaban J connectivity index is 1.74. The first kappa shape index (κ1) is 14.1. The fourth-order valence-electron chi connectivity index (χ4n) is 3.46. The summed E-state index contributed by atoms with van der Waals surface area (Å²) in [7, 11) is 0. The minimum absolute atomic E-state index is 0.217. The van der Waals surface area contributed by atoms with Crippen LogP contribution in [-0.4, -0.2) is 12.7 Å². The molecule has 20 heavy (non-hydrogen) atoms. The number of benzene rings is 1. The van der Waals surface area contributed by atoms with Crippen LogP contribution >= 0.6 is 0 Å². The molecule has 1 aliphatic carbocycles. The van der Waals surface area contributed by atoms with Gasteiger partial charge in [-0.05, 0) is 55.6 Å². The van der Waals surface area contributed by atoms with E-state index in [1.807, 2.05) is 0 Å². The molecule has 1 aromatic carbocycles. The molecule has 1 aromatic rings. The van der Waals surface area contributed by atoms with Gasteiger partial charge in [-0.3, -0.25) is 11.3 Å². The monoisotopic (exact) mass is 274 g/mol. The molecule has 0 aromatic heterocycles. The Morgan fingerprint density at radius 1 is 1.15 bits per heavy atom. The Hall–Kier alpha value is -0.900. The molecule has 1 saturated heterocycles. The van der Waals surface area contributed by atoms with Gasteiger partial charge in [0, 0.05) is 12.6 Å². The number of hydrogen-bond donors (Lipinski definition) is 2. The number of nitrogens with two attached hydrogens (primary N) is 1. The van der Waals surface area contributed by atoms with Crippen LogP contribution in [-0.2, 0) is 4.74 Å². The zero-order valence-electron chi connectivity index (χ0n) is 12.2. The summed E-state index contributed by atoms with van der Waals surface area (Å²) >= 11 is 0. The summed E-state index contributed by atoms with van der Waals surface area (Å²) in [5, 5.41) is 0. The first-order valence-corrected chi connectivity index (χ1v) is 8.05. The molecule has 2 fully saturated rings. The average molecular weight is 274 g/mol. The van der Waals surface area contributed by atoms with Crippen LogP contribution < -0.4 is 11.3 Å². The highest BCUT2D eigenvalue weighted by molar-refractivity contribution is 5.34. The highest BCUT2D eigenvalue weighted by Crippen LogP contribution is 2.40. The van der Waals surface area contributed by atoms with E-state index in [0.29, 0.717) is 6.10 Å². The fraction of sp³-hybridized carbons (Fsp3) is 0.647. The highest BCUT2D eigenvalue weighted by Gasteiger charge is 2.26. The lowest BCUT2D eigenvalue weighted by atomic mass is 9.76. The van der Waals surface area contributed by atoms with Crippen LogP contribution in [0.15, 0.2) is 24.3 Å². The molecule has 0 bridgehead atoms. The Morgan fingerprint density at radius 3 is 2.65 bits per heavy atom. The molecule has 1 saturated carbocycles. The third-order valence-electron chi connectivity index (χ3n) is 4.89. The molecule has 1 heterocycles. The Morgan fingerprint density at radius 2 is 2.00 bits per heavy atom. The number of ether oxygens (including phenoxy) is 1. The Labute approximate surface area is 121 Å². The van der Waals surface area contributed by atoms with E-state index in [0.717, 1.165) is 18.9 Å². The maximum absolute atomic E-state index is 5.88. The number of hydrogen-bond acceptors (Lipinski definition) is 3. The van der Waals surface area contributed by atoms with Gasteiger partial charge in [-0.2, -0.15) is 0 Å². The van der Waals surface area contributed by atoms with Crippen molar-refractivity contribution in [1.82, 2.24) is 5.43 Å². The molecular formula is C17H26N2O. The first-order chi connectivity index (χ1) is 9.88. The van der Waals surface area contributed by atoms with Gasteiger partial charge in [0.15, 0.2) is 0 Å². The normalized spacial score (nSPS) is 25.1. The van der Waals surface area contributed by atoms with Crippen molar-refractivity contribution in [3.8, 4) is 0 Å². The molecule has 0 spiro atoms. The van der Waals surface area contributed by atoms with Crippen LogP contribution in [0.3, 0.4) is 0 Å². The minimum atomic E-state index is 0.217. The van der Waals surface area contributed by atoms with E-state index in [2.05, 4.69) is 29.7 Å². The second kappa shape index (κ2) is 6.70. The van der Waals surface area contributed by atoms with Crippen molar-refractivity contribution in [2.45, 2.75) is 63.0 Å². The van der Waals surface area contributed by atoms with Crippen LogP contribution in [0.5, 0.6) is 0 Å². The lowest BCUT2D eigenvalue weighted by Crippen LogP contribution is -2.34. The predicted molar refractivity (Wildman–Crippen MR) is 81.3 cm³/mol. The quantitative estimate of drug-likeness (QED) is 0.639. The minimum Gasteiger partial charge on any atom is -0.378 e. The largest absolute Gasteiger partial charge is 0.378 e. The molecule has 2 unspecified atom stereocenters. The van der Waals surface area contributed by atoms with Crippen LogP contribution in [0, 0.1) is 0 Å². The van der Waals surface area contributed by atoms with Gasteiger partial charge in [-0.15, -0.1) is 0 Å². The van der Waals surface area contributed by atoms with Gasteiger partial charge in [-0.1, -0.05) is 30.7 Å². The van der Waals surface area contributed by atoms with Gasteiger partial charge in [0.05, 0.1) is 6.10 Å². The molecule has 3 rings (SSSR count). The van der Waals surface area contributed by atoms with Crippen molar-refractivity contribution in [2.75, 3.05) is 6.61 Å². The second-order valence-corrected chi connectivity index (χ2v) is 6.20. The predicted octanol–water partition coefficient (Wildman–Crippen LogP) is 3.42. The van der Waals surface area contributed by atoms with E-state index < -0.39 is 0 Å². The lowest BCUT2D eigenvalue weighted by Gasteiger charge is -2.32. The Bertz CT molecular complexity index is 425. The first-order valence-electron chi connectivity index (χ1n) is 8.05. The maximum Gasteiger partial charge on any atom is 0.0593 e. The van der Waals surface area contributed by atoms with E-state index in [9.17, 15) is 0 Å². The van der Waals surface area contributed by atoms with Crippen LogP contribution in [0.2, 0.25) is 0 Å². The van der Waals surface area contributed by atoms with Gasteiger partial charge in [-0.25, -0.2) is 0 Å². The van der Waals surface area contributed by atoms with Crippen LogP contribution in [0.1, 0.15) is 68.0 Å². The summed E-state index contributed by atoms with van der Waals surface area (Å²) in [4.78, 5) is 0. The summed E-state index contributed by atoms with van der Waals surface area (Å²) in [6.07, 6.45) is 9.03. The molecule has 0 amide bonds. The SMILES string of the molecule is NNC(CC1CCCCO1)c1ccccc1C1CCC1. The van der Waals surface area contributed by atoms with Gasteiger partial charge in [0.1, 0.15) is 0 Å². The highest BCUT2D eigenvalue weighted by atomic mass is 16.5. The second-order valence-electron chi connectivity index (χ2n) is 6.20. The molecule has 2 aliphatic rings. The van der Waals surface area contributed by atoms with Gasteiger partial charge >= 0.3 is 0 Å². The Kier molecular flexibility index (Phi) is 4.71. The zero-order chi connectivity index (χ0) is 13.8. The third-order valence-corrected chi connectivity index (χ3v) is 4.89. The van der Waals surface area contributed by atoms with E-state index in [4.69, 9.17) is 10.6 Å². The van der Waals surface area contributed by atoms with Crippen molar-refractivity contribution in [1.29, 1.82) is 0 Å². The van der Waals surface area contributed by atoms with Crippen LogP contribution in [0.4, 0.5) is 0 Å². The summed E-state index contributed by atoms with van der Waals surface area (Å²) in [6.45, 7) is 0.909. The zero-order valence-corrected chi connectivity index (χ0v) is 12.2. The molecule has 2 atom stereocenters. The third kappa shape index (κ3) is 3.05. The van der Waals surface area contributed by atoms with Gasteiger partial charge in [0.2, 0.25) is 0 Å². The molecule has 3 N–H and O–H groups in total. The van der Waals surface area contributed by atoms with Crippen molar-refractivity contribution in [3.05, 3.63) is 35.4 Å². The molecule has 3 nitrogen and oxygen atoms in total. The fourth-order valence-corrected chi connectivity index (χ4v) is 3.46. The van der Waals surface area contributed by atoms with Crippen molar-refractivity contribution in [3.63, 3.8) is 0 Å². The van der Waals surface area contributed by atoms with Crippen molar-refractivity contribution in [2.24, 2.45) is 5.84 Å². The van der Waals surface area contributed by atoms with E-state index in [-0.39, 0.29) is 6.04 Å². The molecule has 3 heteroatoms. The summed E-state index contributed by atoms with van der Waals surface area (Å²) in [5.41, 5.74) is 5.91. The topological polar surface area (TPSA) is 47.3 Å². The maximum atomic E-state index is 5.88. The number of rotatable bonds is 5. The average Bonchev–Trinajstić information content (AvgIpc) is 2.45. The van der Waals surface area contributed by atoms with Gasteiger partial charge in [0.25, 0.3) is 0 Å². The van der Waals surface area contributed by atoms with E-state index in [1.165, 1.54) is 49.7 Å². The molecular weight excluding hydrogens is 248 g/mol. The summed E-state index contributed by atoms with van der Waals surface area (Å²) in [5.74, 6) is 6.59. The lowest BCUT2D eigenvalue weighted by molar-refractivity contribution is 0.00493. The molecule has 110 valence electrons. The molecule has 1 aliphatic heterocycles. The van der Waals surface area contributed by atoms with E-state index >= 15 is 0 Å². The standard InChI is InChI=1S/C17H26N2O/c18-19-17(12-14-8-3-4-11-20-14)16-10-2-1-9-15(16)13-6-5-7-13/h1-2,9-10,13-14,17,19H,3-8,11-12,18H2. The summed E-state index contributed by atoms with van der Waals surface area (Å²) < 4.78 is 5.88. The number of nitrogens with one attached hydrogen (secondary N) is 1. The van der Waals surface area contributed by atoms with Crippen molar-refractivity contribution >= 4 is 0 Å². The van der Waals surface area contributed by atoms with E-state index in [1.54, 1.807) is 0 Å². The van der Waals surface area contributed by atoms with Crippen molar-refractivity contribution < 1.29 is 4.74 Å². The number of hydrazine groups is 1. The van der Waals surface area contributed by atoms with Crippen LogP contribution in [0.25, 0.3) is 0 Å². The summed E-state index contributed by atoms with van der Waals surface area (Å²) in [6, 6.07) is 9.02. The molecule has 0 radical (unpaired) electrons.